The van der Waals surface area contributed by atoms with E-state index in [2.05, 4.69) is 62.7 Å². The molecular formula is C24H24BrN3O3. The fourth-order valence-electron chi connectivity index (χ4n) is 3.70. The molecule has 4 rings (SSSR count). The second kappa shape index (κ2) is 9.49. The topological polar surface area (TPSA) is 74.6 Å². The van der Waals surface area contributed by atoms with Gasteiger partial charge in [0.2, 0.25) is 0 Å². The van der Waals surface area contributed by atoms with E-state index in [1.165, 1.54) is 11.1 Å². The van der Waals surface area contributed by atoms with E-state index in [1.54, 1.807) is 36.4 Å². The number of anilines is 1. The van der Waals surface area contributed by atoms with Crippen molar-refractivity contribution in [2.24, 2.45) is 0 Å². The molecule has 1 aliphatic rings. The fourth-order valence-corrected chi connectivity index (χ4v) is 4.01. The van der Waals surface area contributed by atoms with Gasteiger partial charge in [0.1, 0.15) is 0 Å². The van der Waals surface area contributed by atoms with Crippen LogP contribution in [0.15, 0.2) is 69.8 Å². The Morgan fingerprint density at radius 1 is 1.03 bits per heavy atom. The third-order valence-electron chi connectivity index (χ3n) is 5.54. The zero-order chi connectivity index (χ0) is 21.8. The Morgan fingerprint density at radius 2 is 1.77 bits per heavy atom. The van der Waals surface area contributed by atoms with Crippen molar-refractivity contribution in [2.75, 3.05) is 18.4 Å². The number of amides is 2. The summed E-state index contributed by atoms with van der Waals surface area (Å²) >= 11 is 3.17. The van der Waals surface area contributed by atoms with E-state index >= 15 is 0 Å². The van der Waals surface area contributed by atoms with E-state index in [9.17, 15) is 9.59 Å². The minimum absolute atomic E-state index is 0.128. The SMILES string of the molecule is CC(CNC(=O)c1ccc(NC(=O)c2ccc(Br)o2)cc1)N1CCc2ccccc2C1. The van der Waals surface area contributed by atoms with Crippen LogP contribution in [-0.2, 0) is 13.0 Å². The van der Waals surface area contributed by atoms with Crippen LogP contribution in [0.3, 0.4) is 0 Å². The Morgan fingerprint density at radius 3 is 2.48 bits per heavy atom. The van der Waals surface area contributed by atoms with E-state index in [-0.39, 0.29) is 23.6 Å². The highest BCUT2D eigenvalue weighted by Gasteiger charge is 2.21. The quantitative estimate of drug-likeness (QED) is 0.544. The summed E-state index contributed by atoms with van der Waals surface area (Å²) in [6.07, 6.45) is 1.04. The van der Waals surface area contributed by atoms with Crippen LogP contribution in [0.2, 0.25) is 0 Å². The Balaban J connectivity index is 1.28. The fraction of sp³-hybridized carbons (Fsp3) is 0.250. The molecule has 1 atom stereocenters. The number of rotatable bonds is 6. The molecule has 0 saturated heterocycles. The first-order valence-corrected chi connectivity index (χ1v) is 11.0. The van der Waals surface area contributed by atoms with Gasteiger partial charge in [-0.3, -0.25) is 14.5 Å². The summed E-state index contributed by atoms with van der Waals surface area (Å²) in [4.78, 5) is 27.1. The molecule has 0 fully saturated rings. The van der Waals surface area contributed by atoms with E-state index in [0.717, 1.165) is 19.5 Å². The predicted octanol–water partition coefficient (Wildman–Crippen LogP) is 4.47. The summed E-state index contributed by atoms with van der Waals surface area (Å²) in [5, 5.41) is 5.77. The normalized spacial score (nSPS) is 14.5. The number of nitrogens with zero attached hydrogens (tertiary/aromatic N) is 1. The maximum atomic E-state index is 12.6. The molecule has 1 aromatic heterocycles. The van der Waals surface area contributed by atoms with Gasteiger partial charge >= 0.3 is 0 Å². The van der Waals surface area contributed by atoms with Crippen LogP contribution in [0.5, 0.6) is 0 Å². The van der Waals surface area contributed by atoms with Gasteiger partial charge in [0.05, 0.1) is 0 Å². The molecule has 2 heterocycles. The summed E-state index contributed by atoms with van der Waals surface area (Å²) < 4.78 is 5.73. The number of benzene rings is 2. The smallest absolute Gasteiger partial charge is 0.291 e. The lowest BCUT2D eigenvalue weighted by Crippen LogP contribution is -2.44. The van der Waals surface area contributed by atoms with Crippen LogP contribution in [-0.4, -0.2) is 35.8 Å². The molecule has 6 nitrogen and oxygen atoms in total. The molecule has 7 heteroatoms. The van der Waals surface area contributed by atoms with Gasteiger partial charge < -0.3 is 15.1 Å². The van der Waals surface area contributed by atoms with Crippen molar-refractivity contribution >= 4 is 33.4 Å². The minimum atomic E-state index is -0.347. The monoisotopic (exact) mass is 481 g/mol. The zero-order valence-corrected chi connectivity index (χ0v) is 18.8. The molecule has 0 saturated carbocycles. The summed E-state index contributed by atoms with van der Waals surface area (Å²) in [7, 11) is 0. The average molecular weight is 482 g/mol. The Labute approximate surface area is 189 Å². The molecule has 3 aromatic rings. The molecule has 0 spiro atoms. The van der Waals surface area contributed by atoms with Crippen LogP contribution in [0, 0.1) is 0 Å². The molecular weight excluding hydrogens is 458 g/mol. The highest BCUT2D eigenvalue weighted by atomic mass is 79.9. The maximum absolute atomic E-state index is 12.6. The highest BCUT2D eigenvalue weighted by Crippen LogP contribution is 2.20. The zero-order valence-electron chi connectivity index (χ0n) is 17.2. The van der Waals surface area contributed by atoms with Crippen molar-refractivity contribution in [3.63, 3.8) is 0 Å². The third kappa shape index (κ3) is 5.24. The van der Waals surface area contributed by atoms with E-state index in [0.29, 0.717) is 22.5 Å². The van der Waals surface area contributed by atoms with Crippen molar-refractivity contribution in [1.29, 1.82) is 0 Å². The van der Waals surface area contributed by atoms with Crippen molar-refractivity contribution in [1.82, 2.24) is 10.2 Å². The van der Waals surface area contributed by atoms with Gasteiger partial charge in [0.15, 0.2) is 10.4 Å². The lowest BCUT2D eigenvalue weighted by molar-refractivity contribution is 0.0932. The molecule has 1 unspecified atom stereocenters. The van der Waals surface area contributed by atoms with Crippen LogP contribution in [0.25, 0.3) is 0 Å². The molecule has 0 aliphatic carbocycles. The second-order valence-corrected chi connectivity index (χ2v) is 8.47. The van der Waals surface area contributed by atoms with Crippen LogP contribution in [0.1, 0.15) is 39.0 Å². The van der Waals surface area contributed by atoms with Gasteiger partial charge in [-0.05, 0) is 76.8 Å². The van der Waals surface area contributed by atoms with Crippen molar-refractivity contribution < 1.29 is 14.0 Å². The van der Waals surface area contributed by atoms with Gasteiger partial charge in [0, 0.05) is 36.9 Å². The first-order chi connectivity index (χ1) is 15.0. The first kappa shape index (κ1) is 21.3. The highest BCUT2D eigenvalue weighted by molar-refractivity contribution is 9.10. The van der Waals surface area contributed by atoms with Crippen molar-refractivity contribution in [3.05, 3.63) is 87.8 Å². The number of halogens is 1. The molecule has 160 valence electrons. The maximum Gasteiger partial charge on any atom is 0.291 e. The van der Waals surface area contributed by atoms with E-state index in [1.807, 2.05) is 0 Å². The third-order valence-corrected chi connectivity index (χ3v) is 5.97. The largest absolute Gasteiger partial charge is 0.444 e. The Hall–Kier alpha value is -2.90. The number of hydrogen-bond acceptors (Lipinski definition) is 4. The number of nitrogens with one attached hydrogen (secondary N) is 2. The number of furan rings is 1. The first-order valence-electron chi connectivity index (χ1n) is 10.3. The van der Waals surface area contributed by atoms with Gasteiger partial charge in [0.25, 0.3) is 11.8 Å². The number of fused-ring (bicyclic) bond motifs is 1. The van der Waals surface area contributed by atoms with Crippen molar-refractivity contribution in [3.8, 4) is 0 Å². The second-order valence-electron chi connectivity index (χ2n) is 7.68. The van der Waals surface area contributed by atoms with Gasteiger partial charge in [-0.15, -0.1) is 0 Å². The summed E-state index contributed by atoms with van der Waals surface area (Å²) in [6.45, 7) is 4.62. The molecule has 0 bridgehead atoms. The van der Waals surface area contributed by atoms with E-state index < -0.39 is 0 Å². The number of carbonyl (C=O) groups excluding carboxylic acids is 2. The van der Waals surface area contributed by atoms with Gasteiger partial charge in [-0.2, -0.15) is 0 Å². The number of carbonyl (C=O) groups is 2. The van der Waals surface area contributed by atoms with Crippen LogP contribution >= 0.6 is 15.9 Å². The van der Waals surface area contributed by atoms with E-state index in [4.69, 9.17) is 4.42 Å². The summed E-state index contributed by atoms with van der Waals surface area (Å²) in [6, 6.07) is 18.8. The summed E-state index contributed by atoms with van der Waals surface area (Å²) in [5.74, 6) is -0.264. The molecule has 2 amide bonds. The average Bonchev–Trinajstić information content (AvgIpc) is 3.24. The molecule has 2 aromatic carbocycles. The standard InChI is InChI=1S/C24H24BrN3O3/c1-16(28-13-12-17-4-2-3-5-19(17)15-28)14-26-23(29)18-6-8-20(9-7-18)27-24(30)21-10-11-22(25)31-21/h2-11,16H,12-15H2,1H3,(H,26,29)(H,27,30). The Kier molecular flexibility index (Phi) is 6.53. The molecule has 0 radical (unpaired) electrons. The molecule has 1 aliphatic heterocycles. The van der Waals surface area contributed by atoms with Gasteiger partial charge in [-0.1, -0.05) is 24.3 Å². The van der Waals surface area contributed by atoms with Crippen molar-refractivity contribution in [2.45, 2.75) is 25.9 Å². The lowest BCUT2D eigenvalue weighted by Gasteiger charge is -2.33. The number of hydrogen-bond donors (Lipinski definition) is 2. The molecule has 31 heavy (non-hydrogen) atoms. The molecule has 2 N–H and O–H groups in total. The minimum Gasteiger partial charge on any atom is -0.444 e. The summed E-state index contributed by atoms with van der Waals surface area (Å²) in [5.41, 5.74) is 3.93. The predicted molar refractivity (Wildman–Crippen MR) is 123 cm³/mol. The van der Waals surface area contributed by atoms with Crippen LogP contribution in [0.4, 0.5) is 5.69 Å². The van der Waals surface area contributed by atoms with Crippen LogP contribution < -0.4 is 10.6 Å². The van der Waals surface area contributed by atoms with Gasteiger partial charge in [-0.25, -0.2) is 0 Å². The Bertz CT molecular complexity index is 1080. The lowest BCUT2D eigenvalue weighted by atomic mass is 9.99.